The summed E-state index contributed by atoms with van der Waals surface area (Å²) in [4.78, 5) is 3.05. The van der Waals surface area contributed by atoms with Crippen molar-refractivity contribution in [2.24, 2.45) is 5.92 Å². The first-order valence-corrected chi connectivity index (χ1v) is 6.97. The number of aromatic amines is 1. The van der Waals surface area contributed by atoms with Crippen LogP contribution in [0.25, 0.3) is 11.0 Å². The molecule has 3 nitrogen and oxygen atoms in total. The van der Waals surface area contributed by atoms with Gasteiger partial charge in [0.2, 0.25) is 0 Å². The average molecular weight is 282 g/mol. The molecule has 0 atom stereocenters. The van der Waals surface area contributed by atoms with Crippen molar-refractivity contribution in [3.8, 4) is 5.75 Å². The highest BCUT2D eigenvalue weighted by Gasteiger charge is 2.13. The van der Waals surface area contributed by atoms with Crippen LogP contribution in [-0.2, 0) is 6.54 Å². The quantitative estimate of drug-likeness (QED) is 0.829. The zero-order valence-electron chi connectivity index (χ0n) is 11.5. The molecule has 5 heteroatoms. The Bertz CT molecular complexity index is 628. The number of fused-ring (bicyclic) bond motifs is 1. The van der Waals surface area contributed by atoms with E-state index in [9.17, 15) is 4.39 Å². The van der Waals surface area contributed by atoms with Crippen LogP contribution in [0.2, 0.25) is 0 Å². The molecule has 0 fully saturated rings. The van der Waals surface area contributed by atoms with Crippen LogP contribution in [0.1, 0.15) is 26.7 Å². The van der Waals surface area contributed by atoms with Gasteiger partial charge in [0.1, 0.15) is 0 Å². The average Bonchev–Trinajstić information content (AvgIpc) is 2.69. The van der Waals surface area contributed by atoms with Crippen molar-refractivity contribution < 1.29 is 9.13 Å². The van der Waals surface area contributed by atoms with Crippen LogP contribution in [0.4, 0.5) is 4.39 Å². The van der Waals surface area contributed by atoms with Crippen molar-refractivity contribution in [2.45, 2.75) is 33.2 Å². The molecule has 0 saturated heterocycles. The molecule has 2 rings (SSSR count). The molecule has 0 aliphatic heterocycles. The number of benzene rings is 1. The second-order valence-corrected chi connectivity index (χ2v) is 5.11. The highest BCUT2D eigenvalue weighted by molar-refractivity contribution is 7.71. The fourth-order valence-electron chi connectivity index (χ4n) is 2.30. The molecule has 2 aromatic rings. The Balaban J connectivity index is 2.54. The number of rotatable bonds is 5. The number of H-pyrrole nitrogens is 1. The molecule has 1 aromatic carbocycles. The van der Waals surface area contributed by atoms with Gasteiger partial charge in [-0.3, -0.25) is 0 Å². The van der Waals surface area contributed by atoms with Gasteiger partial charge in [-0.15, -0.1) is 0 Å². The van der Waals surface area contributed by atoms with E-state index < -0.39 is 0 Å². The van der Waals surface area contributed by atoms with Gasteiger partial charge in [-0.1, -0.05) is 26.7 Å². The molecule has 104 valence electrons. The third-order valence-corrected chi connectivity index (χ3v) is 3.97. The molecule has 0 amide bonds. The first-order chi connectivity index (χ1) is 9.10. The number of imidazole rings is 1. The lowest BCUT2D eigenvalue weighted by atomic mass is 10.0. The van der Waals surface area contributed by atoms with E-state index >= 15 is 0 Å². The summed E-state index contributed by atoms with van der Waals surface area (Å²) in [6, 6.07) is 3.15. The zero-order valence-corrected chi connectivity index (χ0v) is 12.3. The van der Waals surface area contributed by atoms with E-state index in [1.54, 1.807) is 6.07 Å². The molecule has 0 radical (unpaired) electrons. The summed E-state index contributed by atoms with van der Waals surface area (Å²) in [6.07, 6.45) is 2.20. The first kappa shape index (κ1) is 14.1. The highest BCUT2D eigenvalue weighted by atomic mass is 32.1. The topological polar surface area (TPSA) is 29.9 Å². The summed E-state index contributed by atoms with van der Waals surface area (Å²) in [6.45, 7) is 5.19. The molecule has 0 spiro atoms. The monoisotopic (exact) mass is 282 g/mol. The number of ether oxygens (including phenoxy) is 1. The summed E-state index contributed by atoms with van der Waals surface area (Å²) < 4.78 is 21.4. The van der Waals surface area contributed by atoms with Crippen LogP contribution < -0.4 is 4.74 Å². The second-order valence-electron chi connectivity index (χ2n) is 4.73. The maximum absolute atomic E-state index is 13.7. The maximum Gasteiger partial charge on any atom is 0.178 e. The number of halogens is 1. The molecule has 0 saturated carbocycles. The van der Waals surface area contributed by atoms with Gasteiger partial charge in [0, 0.05) is 18.7 Å². The molecular weight excluding hydrogens is 263 g/mol. The molecule has 0 aliphatic carbocycles. The van der Waals surface area contributed by atoms with Gasteiger partial charge < -0.3 is 14.3 Å². The largest absolute Gasteiger partial charge is 0.494 e. The minimum atomic E-state index is -0.374. The number of hydrogen-bond donors (Lipinski definition) is 1. The first-order valence-electron chi connectivity index (χ1n) is 6.56. The summed E-state index contributed by atoms with van der Waals surface area (Å²) in [5.41, 5.74) is 1.62. The van der Waals surface area contributed by atoms with Gasteiger partial charge in [-0.05, 0) is 18.1 Å². The Kier molecular flexibility index (Phi) is 4.24. The number of nitrogens with zero attached hydrogens (tertiary/aromatic N) is 1. The predicted octanol–water partition coefficient (Wildman–Crippen LogP) is 4.28. The Hall–Kier alpha value is -1.36. The van der Waals surface area contributed by atoms with Crippen LogP contribution in [0.15, 0.2) is 12.1 Å². The van der Waals surface area contributed by atoms with E-state index in [0.29, 0.717) is 16.2 Å². The lowest BCUT2D eigenvalue weighted by molar-refractivity contribution is 0.386. The third-order valence-electron chi connectivity index (χ3n) is 3.64. The van der Waals surface area contributed by atoms with Crippen LogP contribution in [0, 0.1) is 16.5 Å². The summed E-state index contributed by atoms with van der Waals surface area (Å²) in [7, 11) is 1.47. The predicted molar refractivity (Wildman–Crippen MR) is 77.7 cm³/mol. The number of aromatic nitrogens is 2. The Morgan fingerprint density at radius 1 is 1.37 bits per heavy atom. The molecule has 1 N–H and O–H groups in total. The fourth-order valence-corrected chi connectivity index (χ4v) is 2.58. The molecule has 0 unspecified atom stereocenters. The van der Waals surface area contributed by atoms with Crippen molar-refractivity contribution in [1.29, 1.82) is 0 Å². The SMILES string of the molecule is CCC(CC)Cn1c(=S)[nH]c2cc(F)c(OC)cc21. The van der Waals surface area contributed by atoms with E-state index in [2.05, 4.69) is 18.8 Å². The summed E-state index contributed by atoms with van der Waals surface area (Å²) in [5.74, 6) is 0.447. The van der Waals surface area contributed by atoms with E-state index in [0.717, 1.165) is 24.9 Å². The van der Waals surface area contributed by atoms with E-state index in [-0.39, 0.29) is 11.6 Å². The van der Waals surface area contributed by atoms with Gasteiger partial charge in [-0.25, -0.2) is 4.39 Å². The smallest absolute Gasteiger partial charge is 0.178 e. The standard InChI is InChI=1S/C14H19FN2OS/c1-4-9(5-2)8-17-12-7-13(18-3)10(15)6-11(12)16-14(17)19/h6-7,9H,4-5,8H2,1-3H3,(H,16,19). The Morgan fingerprint density at radius 3 is 2.63 bits per heavy atom. The van der Waals surface area contributed by atoms with E-state index in [4.69, 9.17) is 17.0 Å². The van der Waals surface area contributed by atoms with Gasteiger partial charge in [0.25, 0.3) is 0 Å². The van der Waals surface area contributed by atoms with E-state index in [1.807, 2.05) is 4.57 Å². The molecule has 1 aromatic heterocycles. The Morgan fingerprint density at radius 2 is 2.05 bits per heavy atom. The number of hydrogen-bond acceptors (Lipinski definition) is 2. The van der Waals surface area contributed by atoms with Crippen molar-refractivity contribution in [3.05, 3.63) is 22.7 Å². The normalized spacial score (nSPS) is 11.4. The molecule has 0 aliphatic rings. The van der Waals surface area contributed by atoms with Crippen LogP contribution in [0.5, 0.6) is 5.75 Å². The number of nitrogens with one attached hydrogen (secondary N) is 1. The van der Waals surface area contributed by atoms with Crippen molar-refractivity contribution in [1.82, 2.24) is 9.55 Å². The maximum atomic E-state index is 13.7. The molecule has 0 bridgehead atoms. The lowest BCUT2D eigenvalue weighted by Gasteiger charge is -2.14. The molecule has 19 heavy (non-hydrogen) atoms. The van der Waals surface area contributed by atoms with Gasteiger partial charge >= 0.3 is 0 Å². The fraction of sp³-hybridized carbons (Fsp3) is 0.500. The van der Waals surface area contributed by atoms with Crippen molar-refractivity contribution in [2.75, 3.05) is 7.11 Å². The molecule has 1 heterocycles. The molecular formula is C14H19FN2OS. The van der Waals surface area contributed by atoms with Crippen LogP contribution in [-0.4, -0.2) is 16.7 Å². The van der Waals surface area contributed by atoms with E-state index in [1.165, 1.54) is 13.2 Å². The summed E-state index contributed by atoms with van der Waals surface area (Å²) >= 11 is 5.33. The minimum absolute atomic E-state index is 0.250. The number of methoxy groups -OCH3 is 1. The van der Waals surface area contributed by atoms with Crippen LogP contribution >= 0.6 is 12.2 Å². The van der Waals surface area contributed by atoms with Gasteiger partial charge in [0.15, 0.2) is 16.3 Å². The van der Waals surface area contributed by atoms with Crippen LogP contribution in [0.3, 0.4) is 0 Å². The highest BCUT2D eigenvalue weighted by Crippen LogP contribution is 2.25. The second kappa shape index (κ2) is 5.74. The summed E-state index contributed by atoms with van der Waals surface area (Å²) in [5, 5.41) is 0. The lowest BCUT2D eigenvalue weighted by Crippen LogP contribution is -2.09. The third kappa shape index (κ3) is 2.66. The van der Waals surface area contributed by atoms with Crippen molar-refractivity contribution >= 4 is 23.3 Å². The van der Waals surface area contributed by atoms with Gasteiger partial charge in [0.05, 0.1) is 18.1 Å². The Labute approximate surface area is 117 Å². The zero-order chi connectivity index (χ0) is 14.0. The van der Waals surface area contributed by atoms with Gasteiger partial charge in [-0.2, -0.15) is 0 Å². The van der Waals surface area contributed by atoms with Crippen molar-refractivity contribution in [3.63, 3.8) is 0 Å². The minimum Gasteiger partial charge on any atom is -0.494 e.